The standard InChI is InChI=1S/C20H14ClNO4/c1-22-15-5-3-2-4-13(15)19-17(20(22)25)14(10-16(23)24)18(26-19)11-6-8-12(21)9-7-11/h2-9H,10H2,1H3,(H,23,24). The molecule has 1 N–H and O–H groups in total. The Kier molecular flexibility index (Phi) is 3.81. The number of para-hydroxylation sites is 1. The van der Waals surface area contributed by atoms with Crippen molar-refractivity contribution in [2.75, 3.05) is 0 Å². The second-order valence-corrected chi connectivity index (χ2v) is 6.51. The van der Waals surface area contributed by atoms with Crippen molar-refractivity contribution in [1.82, 2.24) is 4.57 Å². The molecule has 0 atom stereocenters. The molecule has 0 unspecified atom stereocenters. The van der Waals surface area contributed by atoms with Gasteiger partial charge in [0.1, 0.15) is 11.3 Å². The molecule has 4 aromatic rings. The van der Waals surface area contributed by atoms with Crippen LogP contribution in [0.15, 0.2) is 57.7 Å². The molecular weight excluding hydrogens is 354 g/mol. The third-order valence-corrected chi connectivity index (χ3v) is 4.72. The number of pyridine rings is 1. The van der Waals surface area contributed by atoms with E-state index in [9.17, 15) is 14.7 Å². The number of furan rings is 1. The van der Waals surface area contributed by atoms with Gasteiger partial charge >= 0.3 is 5.97 Å². The molecule has 0 aliphatic rings. The van der Waals surface area contributed by atoms with Gasteiger partial charge < -0.3 is 14.1 Å². The Labute approximate surface area is 153 Å². The fourth-order valence-electron chi connectivity index (χ4n) is 3.27. The van der Waals surface area contributed by atoms with Gasteiger partial charge in [-0.1, -0.05) is 23.7 Å². The molecule has 26 heavy (non-hydrogen) atoms. The zero-order valence-electron chi connectivity index (χ0n) is 13.8. The van der Waals surface area contributed by atoms with Crippen LogP contribution in [0.5, 0.6) is 0 Å². The first kappa shape index (κ1) is 16.4. The lowest BCUT2D eigenvalue weighted by Gasteiger charge is -2.05. The molecule has 0 saturated carbocycles. The van der Waals surface area contributed by atoms with Gasteiger partial charge in [0.2, 0.25) is 0 Å². The van der Waals surface area contributed by atoms with E-state index in [0.29, 0.717) is 32.9 Å². The lowest BCUT2D eigenvalue weighted by atomic mass is 10.0. The highest BCUT2D eigenvalue weighted by Crippen LogP contribution is 2.36. The van der Waals surface area contributed by atoms with Gasteiger partial charge in [-0.2, -0.15) is 0 Å². The molecule has 0 bridgehead atoms. The number of hydrogen-bond donors (Lipinski definition) is 1. The third-order valence-electron chi connectivity index (χ3n) is 4.47. The summed E-state index contributed by atoms with van der Waals surface area (Å²) in [6.07, 6.45) is -0.307. The summed E-state index contributed by atoms with van der Waals surface area (Å²) in [6, 6.07) is 14.3. The molecule has 0 aliphatic heterocycles. The molecule has 0 radical (unpaired) electrons. The number of hydrogen-bond acceptors (Lipinski definition) is 3. The molecule has 4 rings (SSSR count). The molecule has 0 amide bonds. The van der Waals surface area contributed by atoms with E-state index in [2.05, 4.69) is 0 Å². The van der Waals surface area contributed by atoms with Crippen molar-refractivity contribution in [3.8, 4) is 11.3 Å². The van der Waals surface area contributed by atoms with Gasteiger partial charge in [-0.25, -0.2) is 0 Å². The number of fused-ring (bicyclic) bond motifs is 3. The summed E-state index contributed by atoms with van der Waals surface area (Å²) in [7, 11) is 1.67. The average Bonchev–Trinajstić information content (AvgIpc) is 2.99. The van der Waals surface area contributed by atoms with E-state index in [0.717, 1.165) is 10.9 Å². The van der Waals surface area contributed by atoms with E-state index < -0.39 is 5.97 Å². The zero-order valence-corrected chi connectivity index (χ0v) is 14.6. The molecule has 2 aromatic heterocycles. The minimum Gasteiger partial charge on any atom is -0.481 e. The zero-order chi connectivity index (χ0) is 18.4. The predicted octanol–water partition coefficient (Wildman–Crippen LogP) is 4.23. The van der Waals surface area contributed by atoms with Crippen LogP contribution in [0.3, 0.4) is 0 Å². The summed E-state index contributed by atoms with van der Waals surface area (Å²) in [5.41, 5.74) is 1.90. The van der Waals surface area contributed by atoms with Crippen molar-refractivity contribution >= 4 is 39.4 Å². The molecule has 6 heteroatoms. The van der Waals surface area contributed by atoms with Crippen molar-refractivity contribution < 1.29 is 14.3 Å². The van der Waals surface area contributed by atoms with E-state index >= 15 is 0 Å². The normalized spacial score (nSPS) is 11.3. The first-order valence-electron chi connectivity index (χ1n) is 7.98. The van der Waals surface area contributed by atoms with Crippen LogP contribution in [0.2, 0.25) is 5.02 Å². The van der Waals surface area contributed by atoms with Gasteiger partial charge in [-0.05, 0) is 36.4 Å². The molecule has 130 valence electrons. The number of nitrogens with zero attached hydrogens (tertiary/aromatic N) is 1. The lowest BCUT2D eigenvalue weighted by molar-refractivity contribution is -0.136. The lowest BCUT2D eigenvalue weighted by Crippen LogP contribution is -2.18. The van der Waals surface area contributed by atoms with E-state index in [1.807, 2.05) is 24.3 Å². The minimum absolute atomic E-state index is 0.279. The topological polar surface area (TPSA) is 72.4 Å². The van der Waals surface area contributed by atoms with Crippen LogP contribution in [0.1, 0.15) is 5.56 Å². The highest BCUT2D eigenvalue weighted by Gasteiger charge is 2.23. The number of rotatable bonds is 3. The highest BCUT2D eigenvalue weighted by molar-refractivity contribution is 6.30. The quantitative estimate of drug-likeness (QED) is 0.588. The number of halogens is 1. The number of aromatic nitrogens is 1. The molecule has 0 spiro atoms. The fraction of sp³-hybridized carbons (Fsp3) is 0.100. The Morgan fingerprint density at radius 2 is 1.85 bits per heavy atom. The maximum absolute atomic E-state index is 12.9. The first-order chi connectivity index (χ1) is 12.5. The maximum Gasteiger partial charge on any atom is 0.307 e. The maximum atomic E-state index is 12.9. The Bertz CT molecular complexity index is 1220. The van der Waals surface area contributed by atoms with E-state index in [1.54, 1.807) is 31.3 Å². The van der Waals surface area contributed by atoms with Crippen molar-refractivity contribution in [1.29, 1.82) is 0 Å². The smallest absolute Gasteiger partial charge is 0.307 e. The number of carboxylic acids is 1. The number of benzene rings is 2. The van der Waals surface area contributed by atoms with Gasteiger partial charge in [0.25, 0.3) is 5.56 Å². The second kappa shape index (κ2) is 6.04. The number of aryl methyl sites for hydroxylation is 1. The minimum atomic E-state index is -1.03. The van der Waals surface area contributed by atoms with Crippen LogP contribution in [-0.4, -0.2) is 15.6 Å². The molecule has 0 saturated heterocycles. The Morgan fingerprint density at radius 3 is 2.54 bits per heavy atom. The van der Waals surface area contributed by atoms with E-state index in [1.165, 1.54) is 4.57 Å². The third kappa shape index (κ3) is 2.48. The molecule has 2 aromatic carbocycles. The van der Waals surface area contributed by atoms with Crippen molar-refractivity contribution in [2.45, 2.75) is 6.42 Å². The van der Waals surface area contributed by atoms with E-state index in [-0.39, 0.29) is 12.0 Å². The van der Waals surface area contributed by atoms with Gasteiger partial charge in [-0.15, -0.1) is 0 Å². The fourth-order valence-corrected chi connectivity index (χ4v) is 3.40. The molecule has 2 heterocycles. The highest BCUT2D eigenvalue weighted by atomic mass is 35.5. The van der Waals surface area contributed by atoms with Crippen molar-refractivity contribution in [3.63, 3.8) is 0 Å². The monoisotopic (exact) mass is 367 g/mol. The predicted molar refractivity (Wildman–Crippen MR) is 101 cm³/mol. The second-order valence-electron chi connectivity index (χ2n) is 6.07. The molecule has 0 fully saturated rings. The van der Waals surface area contributed by atoms with Crippen LogP contribution < -0.4 is 5.56 Å². The van der Waals surface area contributed by atoms with Crippen LogP contribution in [0.4, 0.5) is 0 Å². The van der Waals surface area contributed by atoms with Crippen LogP contribution >= 0.6 is 11.6 Å². The summed E-state index contributed by atoms with van der Waals surface area (Å²) < 4.78 is 7.57. The van der Waals surface area contributed by atoms with Gasteiger partial charge in [-0.3, -0.25) is 9.59 Å². The SMILES string of the molecule is Cn1c(=O)c2c(CC(=O)O)c(-c3ccc(Cl)cc3)oc2c2ccccc21. The van der Waals surface area contributed by atoms with Gasteiger partial charge in [0.05, 0.1) is 17.3 Å². The largest absolute Gasteiger partial charge is 0.481 e. The van der Waals surface area contributed by atoms with Crippen LogP contribution in [0.25, 0.3) is 33.2 Å². The summed E-state index contributed by atoms with van der Waals surface area (Å²) in [5.74, 6) is -0.648. The summed E-state index contributed by atoms with van der Waals surface area (Å²) in [4.78, 5) is 24.4. The summed E-state index contributed by atoms with van der Waals surface area (Å²) in [5, 5.41) is 11.0. The summed E-state index contributed by atoms with van der Waals surface area (Å²) in [6.45, 7) is 0. The van der Waals surface area contributed by atoms with Gasteiger partial charge in [0, 0.05) is 28.6 Å². The first-order valence-corrected chi connectivity index (χ1v) is 8.36. The van der Waals surface area contributed by atoms with E-state index in [4.69, 9.17) is 16.0 Å². The Hall–Kier alpha value is -3.05. The Morgan fingerprint density at radius 1 is 1.15 bits per heavy atom. The number of aliphatic carboxylic acids is 1. The molecule has 0 aliphatic carbocycles. The van der Waals surface area contributed by atoms with Crippen LogP contribution in [0, 0.1) is 0 Å². The average molecular weight is 368 g/mol. The van der Waals surface area contributed by atoms with Crippen molar-refractivity contribution in [2.24, 2.45) is 7.05 Å². The molecular formula is C20H14ClNO4. The molecule has 5 nitrogen and oxygen atoms in total. The number of carbonyl (C=O) groups is 1. The van der Waals surface area contributed by atoms with Crippen LogP contribution in [-0.2, 0) is 18.3 Å². The van der Waals surface area contributed by atoms with Crippen molar-refractivity contribution in [3.05, 3.63) is 69.5 Å². The summed E-state index contributed by atoms with van der Waals surface area (Å²) >= 11 is 5.95. The Balaban J connectivity index is 2.17. The van der Waals surface area contributed by atoms with Gasteiger partial charge in [0.15, 0.2) is 0 Å². The number of carboxylic acid groups (broad SMARTS) is 1.